The first-order chi connectivity index (χ1) is 12.5. The lowest BCUT2D eigenvalue weighted by atomic mass is 10.1. The van der Waals surface area contributed by atoms with Crippen LogP contribution in [0.4, 0.5) is 8.78 Å². The summed E-state index contributed by atoms with van der Waals surface area (Å²) in [4.78, 5) is 37.9. The average Bonchev–Trinajstić information content (AvgIpc) is 3.32. The Morgan fingerprint density at radius 2 is 2.04 bits per heavy atom. The number of halogens is 2. The second-order valence-electron chi connectivity index (χ2n) is 5.79. The first-order valence-corrected chi connectivity index (χ1v) is 7.96. The van der Waals surface area contributed by atoms with Gasteiger partial charge in [-0.1, -0.05) is 0 Å². The van der Waals surface area contributed by atoms with E-state index in [4.69, 9.17) is 9.15 Å². The van der Waals surface area contributed by atoms with Gasteiger partial charge in [-0.05, 0) is 43.2 Å². The molecule has 1 saturated heterocycles. The molecule has 0 bridgehead atoms. The molecule has 0 saturated carbocycles. The van der Waals surface area contributed by atoms with Crippen molar-refractivity contribution in [3.8, 4) is 0 Å². The van der Waals surface area contributed by atoms with Crippen LogP contribution in [0.15, 0.2) is 41.0 Å². The Hall–Kier alpha value is -3.03. The highest BCUT2D eigenvalue weighted by Crippen LogP contribution is 2.21. The van der Waals surface area contributed by atoms with E-state index in [0.29, 0.717) is 19.4 Å². The molecule has 0 N–H and O–H groups in total. The lowest BCUT2D eigenvalue weighted by Gasteiger charge is -2.22. The second-order valence-corrected chi connectivity index (χ2v) is 5.79. The molecule has 26 heavy (non-hydrogen) atoms. The van der Waals surface area contributed by atoms with Gasteiger partial charge in [-0.25, -0.2) is 13.6 Å². The number of amides is 1. The fourth-order valence-electron chi connectivity index (χ4n) is 2.82. The molecule has 136 valence electrons. The standard InChI is InChI=1S/C18H15F2NO5/c19-11-5-6-13(20)12(9-11)15(22)10-26-18(24)14-3-1-7-21(14)17(23)16-4-2-8-25-16/h2,4-6,8-9,14H,1,3,7,10H2. The van der Waals surface area contributed by atoms with Crippen molar-refractivity contribution in [1.82, 2.24) is 4.90 Å². The lowest BCUT2D eigenvalue weighted by Crippen LogP contribution is -2.41. The SMILES string of the molecule is O=C(COC(=O)C1CCCN1C(=O)c1ccco1)c1cc(F)ccc1F. The third kappa shape index (κ3) is 3.63. The van der Waals surface area contributed by atoms with E-state index in [0.717, 1.165) is 18.2 Å². The van der Waals surface area contributed by atoms with Crippen molar-refractivity contribution in [2.24, 2.45) is 0 Å². The maximum absolute atomic E-state index is 13.6. The Labute approximate surface area is 147 Å². The molecule has 0 spiro atoms. The zero-order valence-electron chi connectivity index (χ0n) is 13.6. The van der Waals surface area contributed by atoms with Gasteiger partial charge in [0.25, 0.3) is 5.91 Å². The van der Waals surface area contributed by atoms with Gasteiger partial charge in [0.05, 0.1) is 11.8 Å². The fourth-order valence-corrected chi connectivity index (χ4v) is 2.82. The van der Waals surface area contributed by atoms with Crippen molar-refractivity contribution in [3.05, 3.63) is 59.6 Å². The maximum Gasteiger partial charge on any atom is 0.329 e. The minimum atomic E-state index is -0.900. The quantitative estimate of drug-likeness (QED) is 0.603. The number of benzene rings is 1. The number of Topliss-reactive ketones (excluding diaryl/α,β-unsaturated/α-hetero) is 1. The smallest absolute Gasteiger partial charge is 0.329 e. The highest BCUT2D eigenvalue weighted by atomic mass is 19.1. The highest BCUT2D eigenvalue weighted by molar-refractivity contribution is 5.99. The number of nitrogens with zero attached hydrogens (tertiary/aromatic N) is 1. The molecule has 2 heterocycles. The van der Waals surface area contributed by atoms with Crippen LogP contribution in [0.25, 0.3) is 0 Å². The van der Waals surface area contributed by atoms with Crippen LogP contribution in [0.1, 0.15) is 33.8 Å². The van der Waals surface area contributed by atoms with E-state index in [2.05, 4.69) is 0 Å². The summed E-state index contributed by atoms with van der Waals surface area (Å²) in [7, 11) is 0. The summed E-state index contributed by atoms with van der Waals surface area (Å²) in [5, 5.41) is 0. The maximum atomic E-state index is 13.6. The Balaban J connectivity index is 1.63. The van der Waals surface area contributed by atoms with Crippen LogP contribution in [0.2, 0.25) is 0 Å². The Morgan fingerprint density at radius 3 is 2.77 bits per heavy atom. The Kier molecular flexibility index (Phi) is 5.11. The summed E-state index contributed by atoms with van der Waals surface area (Å²) in [5.74, 6) is -3.65. The molecule has 0 radical (unpaired) electrons. The molecule has 2 aromatic rings. The van der Waals surface area contributed by atoms with Gasteiger partial charge in [0, 0.05) is 6.54 Å². The van der Waals surface area contributed by atoms with Gasteiger partial charge in [0.1, 0.15) is 17.7 Å². The molecule has 1 aliphatic rings. The summed E-state index contributed by atoms with van der Waals surface area (Å²) < 4.78 is 36.7. The number of carbonyl (C=O) groups is 3. The number of carbonyl (C=O) groups excluding carboxylic acids is 3. The van der Waals surface area contributed by atoms with E-state index in [9.17, 15) is 23.2 Å². The number of hydrogen-bond acceptors (Lipinski definition) is 5. The summed E-state index contributed by atoms with van der Waals surface area (Å²) >= 11 is 0. The van der Waals surface area contributed by atoms with Crippen molar-refractivity contribution in [3.63, 3.8) is 0 Å². The van der Waals surface area contributed by atoms with E-state index in [1.54, 1.807) is 6.07 Å². The molecule has 1 amide bonds. The normalized spacial score (nSPS) is 16.5. The summed E-state index contributed by atoms with van der Waals surface area (Å²) in [5.41, 5.74) is -0.493. The second kappa shape index (κ2) is 7.47. The summed E-state index contributed by atoms with van der Waals surface area (Å²) in [6, 6.07) is 4.65. The molecule has 6 nitrogen and oxygen atoms in total. The number of hydrogen-bond donors (Lipinski definition) is 0. The predicted molar refractivity (Wildman–Crippen MR) is 84.4 cm³/mol. The van der Waals surface area contributed by atoms with Crippen molar-refractivity contribution in [2.75, 3.05) is 13.2 Å². The van der Waals surface area contributed by atoms with E-state index in [1.165, 1.54) is 17.2 Å². The molecule has 1 aromatic heterocycles. The van der Waals surface area contributed by atoms with Gasteiger partial charge in [0.15, 0.2) is 12.4 Å². The number of ether oxygens (including phenoxy) is 1. The minimum Gasteiger partial charge on any atom is -0.459 e. The fraction of sp³-hybridized carbons (Fsp3) is 0.278. The largest absolute Gasteiger partial charge is 0.459 e. The third-order valence-electron chi connectivity index (χ3n) is 4.09. The van der Waals surface area contributed by atoms with Crippen molar-refractivity contribution in [1.29, 1.82) is 0 Å². The lowest BCUT2D eigenvalue weighted by molar-refractivity contribution is -0.147. The van der Waals surface area contributed by atoms with Gasteiger partial charge in [-0.3, -0.25) is 9.59 Å². The van der Waals surface area contributed by atoms with Crippen LogP contribution in [0.3, 0.4) is 0 Å². The first kappa shape index (κ1) is 17.8. The monoisotopic (exact) mass is 363 g/mol. The van der Waals surface area contributed by atoms with Crippen LogP contribution in [0, 0.1) is 11.6 Å². The van der Waals surface area contributed by atoms with Crippen LogP contribution in [-0.4, -0.2) is 41.8 Å². The molecule has 1 aromatic carbocycles. The Bertz CT molecular complexity index is 834. The van der Waals surface area contributed by atoms with Gasteiger partial charge in [-0.2, -0.15) is 0 Å². The summed E-state index contributed by atoms with van der Waals surface area (Å²) in [6.45, 7) is -0.385. The molecular formula is C18H15F2NO5. The van der Waals surface area contributed by atoms with Gasteiger partial charge in [0.2, 0.25) is 5.78 Å². The average molecular weight is 363 g/mol. The molecule has 8 heteroatoms. The van der Waals surface area contributed by atoms with Crippen molar-refractivity contribution < 1.29 is 32.3 Å². The molecule has 0 aliphatic carbocycles. The number of ketones is 1. The summed E-state index contributed by atoms with van der Waals surface area (Å²) in [6.07, 6.45) is 2.33. The molecule has 1 atom stereocenters. The first-order valence-electron chi connectivity index (χ1n) is 7.96. The number of likely N-dealkylation sites (tertiary alicyclic amines) is 1. The molecular weight excluding hydrogens is 348 g/mol. The van der Waals surface area contributed by atoms with Crippen LogP contribution in [0.5, 0.6) is 0 Å². The zero-order chi connectivity index (χ0) is 18.7. The van der Waals surface area contributed by atoms with Crippen LogP contribution < -0.4 is 0 Å². The Morgan fingerprint density at radius 1 is 1.23 bits per heavy atom. The van der Waals surface area contributed by atoms with E-state index < -0.39 is 47.5 Å². The zero-order valence-corrected chi connectivity index (χ0v) is 13.6. The van der Waals surface area contributed by atoms with E-state index in [-0.39, 0.29) is 5.76 Å². The van der Waals surface area contributed by atoms with Gasteiger partial charge >= 0.3 is 5.97 Å². The van der Waals surface area contributed by atoms with E-state index in [1.807, 2.05) is 0 Å². The van der Waals surface area contributed by atoms with Gasteiger partial charge < -0.3 is 14.1 Å². The highest BCUT2D eigenvalue weighted by Gasteiger charge is 2.36. The molecule has 1 aliphatic heterocycles. The number of esters is 1. The number of rotatable bonds is 5. The number of furan rings is 1. The van der Waals surface area contributed by atoms with Crippen molar-refractivity contribution in [2.45, 2.75) is 18.9 Å². The van der Waals surface area contributed by atoms with Crippen LogP contribution >= 0.6 is 0 Å². The third-order valence-corrected chi connectivity index (χ3v) is 4.09. The molecule has 1 fully saturated rings. The topological polar surface area (TPSA) is 76.8 Å². The van der Waals surface area contributed by atoms with Crippen LogP contribution in [-0.2, 0) is 9.53 Å². The van der Waals surface area contributed by atoms with Gasteiger partial charge in [-0.15, -0.1) is 0 Å². The molecule has 3 rings (SSSR count). The minimum absolute atomic E-state index is 0.0996. The van der Waals surface area contributed by atoms with Crippen molar-refractivity contribution >= 4 is 17.7 Å². The molecule has 1 unspecified atom stereocenters. The van der Waals surface area contributed by atoms with E-state index >= 15 is 0 Å². The predicted octanol–water partition coefficient (Wildman–Crippen LogP) is 2.59.